The molecule has 0 unspecified atom stereocenters. The predicted octanol–water partition coefficient (Wildman–Crippen LogP) is 6.50. The van der Waals surface area contributed by atoms with E-state index in [1.165, 1.54) is 12.1 Å². The molecule has 0 fully saturated rings. The molecule has 0 aliphatic carbocycles. The van der Waals surface area contributed by atoms with Gasteiger partial charge in [0.25, 0.3) is 5.91 Å². The fourth-order valence-corrected chi connectivity index (χ4v) is 3.33. The highest BCUT2D eigenvalue weighted by Crippen LogP contribution is 2.33. The van der Waals surface area contributed by atoms with Gasteiger partial charge >= 0.3 is 0 Å². The van der Waals surface area contributed by atoms with E-state index >= 15 is 0 Å². The zero-order valence-electron chi connectivity index (χ0n) is 16.2. The molecule has 3 rings (SSSR count). The van der Waals surface area contributed by atoms with Crippen LogP contribution >= 0.6 is 34.8 Å². The molecule has 0 aliphatic rings. The number of anilines is 1. The van der Waals surface area contributed by atoms with Crippen molar-refractivity contribution in [3.8, 4) is 17.2 Å². The van der Waals surface area contributed by atoms with Crippen LogP contribution in [0.15, 0.2) is 54.6 Å². The minimum absolute atomic E-state index is 0.179. The third kappa shape index (κ3) is 5.11. The molecule has 0 saturated carbocycles. The fourth-order valence-electron chi connectivity index (χ4n) is 2.74. The predicted molar refractivity (Wildman–Crippen MR) is 120 cm³/mol. The highest BCUT2D eigenvalue weighted by Gasteiger charge is 2.14. The van der Waals surface area contributed by atoms with Gasteiger partial charge in [-0.3, -0.25) is 4.79 Å². The van der Waals surface area contributed by atoms with Crippen molar-refractivity contribution in [2.45, 2.75) is 6.61 Å². The van der Waals surface area contributed by atoms with Gasteiger partial charge in [0.1, 0.15) is 12.4 Å². The first-order valence-electron chi connectivity index (χ1n) is 8.81. The fraction of sp³-hybridized carbons (Fsp3) is 0.136. The normalized spacial score (nSPS) is 10.4. The van der Waals surface area contributed by atoms with E-state index in [1.807, 2.05) is 12.1 Å². The lowest BCUT2D eigenvalue weighted by Crippen LogP contribution is -2.13. The number of rotatable bonds is 7. The SMILES string of the molecule is COc1ccc(C(=O)Nc2cc(Cl)c(Cl)cc2Cl)cc1COc1ccccc1OC. The van der Waals surface area contributed by atoms with Gasteiger partial charge in [0.15, 0.2) is 11.5 Å². The molecule has 0 bridgehead atoms. The van der Waals surface area contributed by atoms with E-state index in [9.17, 15) is 4.79 Å². The van der Waals surface area contributed by atoms with Crippen molar-refractivity contribution >= 4 is 46.4 Å². The standard InChI is InChI=1S/C22H18Cl3NO4/c1-28-19-8-7-13(22(27)26-18-11-16(24)15(23)10-17(18)25)9-14(19)12-30-21-6-4-3-5-20(21)29-2/h3-11H,12H2,1-2H3,(H,26,27). The first-order valence-corrected chi connectivity index (χ1v) is 9.95. The van der Waals surface area contributed by atoms with Crippen LogP contribution in [-0.2, 0) is 6.61 Å². The van der Waals surface area contributed by atoms with Gasteiger partial charge in [0, 0.05) is 11.1 Å². The molecule has 156 valence electrons. The van der Waals surface area contributed by atoms with Crippen LogP contribution in [0.4, 0.5) is 5.69 Å². The molecule has 0 aromatic heterocycles. The van der Waals surface area contributed by atoms with E-state index in [4.69, 9.17) is 49.0 Å². The van der Waals surface area contributed by atoms with Crippen LogP contribution < -0.4 is 19.5 Å². The summed E-state index contributed by atoms with van der Waals surface area (Å²) in [5.74, 6) is 1.42. The lowest BCUT2D eigenvalue weighted by atomic mass is 10.1. The van der Waals surface area contributed by atoms with Gasteiger partial charge in [-0.25, -0.2) is 0 Å². The third-order valence-electron chi connectivity index (χ3n) is 4.25. The van der Waals surface area contributed by atoms with E-state index < -0.39 is 0 Å². The number of hydrogen-bond acceptors (Lipinski definition) is 4. The summed E-state index contributed by atoms with van der Waals surface area (Å²) in [6.07, 6.45) is 0. The Kier molecular flexibility index (Phi) is 7.32. The molecular weight excluding hydrogens is 449 g/mol. The summed E-state index contributed by atoms with van der Waals surface area (Å²) in [4.78, 5) is 12.7. The van der Waals surface area contributed by atoms with Gasteiger partial charge < -0.3 is 19.5 Å². The van der Waals surface area contributed by atoms with Crippen LogP contribution in [0.2, 0.25) is 15.1 Å². The zero-order chi connectivity index (χ0) is 21.7. The average molecular weight is 467 g/mol. The molecule has 8 heteroatoms. The van der Waals surface area contributed by atoms with Gasteiger partial charge in [-0.2, -0.15) is 0 Å². The number of halogens is 3. The van der Waals surface area contributed by atoms with Crippen LogP contribution in [0.3, 0.4) is 0 Å². The molecule has 3 aromatic rings. The second-order valence-corrected chi connectivity index (χ2v) is 7.39. The van der Waals surface area contributed by atoms with E-state index in [-0.39, 0.29) is 22.6 Å². The Morgan fingerprint density at radius 1 is 0.833 bits per heavy atom. The maximum absolute atomic E-state index is 12.7. The molecule has 3 aromatic carbocycles. The van der Waals surface area contributed by atoms with Gasteiger partial charge in [0.05, 0.1) is 35.0 Å². The zero-order valence-corrected chi connectivity index (χ0v) is 18.4. The molecule has 0 spiro atoms. The smallest absolute Gasteiger partial charge is 0.255 e. The quantitative estimate of drug-likeness (QED) is 0.404. The summed E-state index contributed by atoms with van der Waals surface area (Å²) in [5, 5.41) is 3.61. The van der Waals surface area contributed by atoms with Crippen LogP contribution in [-0.4, -0.2) is 20.1 Å². The van der Waals surface area contributed by atoms with Crippen molar-refractivity contribution < 1.29 is 19.0 Å². The van der Waals surface area contributed by atoms with Crippen molar-refractivity contribution in [3.05, 3.63) is 80.8 Å². The monoisotopic (exact) mass is 465 g/mol. The number of amides is 1. The number of benzene rings is 3. The Hall–Kier alpha value is -2.60. The summed E-state index contributed by atoms with van der Waals surface area (Å²) < 4.78 is 16.6. The Bertz CT molecular complexity index is 1070. The van der Waals surface area contributed by atoms with Crippen molar-refractivity contribution in [1.29, 1.82) is 0 Å². The Morgan fingerprint density at radius 3 is 2.20 bits per heavy atom. The van der Waals surface area contributed by atoms with Crippen LogP contribution in [0.1, 0.15) is 15.9 Å². The summed E-state index contributed by atoms with van der Waals surface area (Å²) in [5.41, 5.74) is 1.45. The maximum Gasteiger partial charge on any atom is 0.255 e. The Labute approximate surface area is 189 Å². The van der Waals surface area contributed by atoms with Gasteiger partial charge in [-0.05, 0) is 42.5 Å². The van der Waals surface area contributed by atoms with Gasteiger partial charge in [0.2, 0.25) is 0 Å². The molecular formula is C22H18Cl3NO4. The van der Waals surface area contributed by atoms with E-state index in [0.29, 0.717) is 39.1 Å². The van der Waals surface area contributed by atoms with E-state index in [1.54, 1.807) is 44.6 Å². The molecule has 0 saturated heterocycles. The average Bonchev–Trinajstić information content (AvgIpc) is 2.75. The Balaban J connectivity index is 1.81. The van der Waals surface area contributed by atoms with Crippen molar-refractivity contribution in [2.24, 2.45) is 0 Å². The summed E-state index contributed by atoms with van der Waals surface area (Å²) in [6, 6.07) is 15.3. The van der Waals surface area contributed by atoms with Gasteiger partial charge in [-0.15, -0.1) is 0 Å². The summed E-state index contributed by atoms with van der Waals surface area (Å²) >= 11 is 18.1. The lowest BCUT2D eigenvalue weighted by molar-refractivity contribution is 0.102. The number of hydrogen-bond donors (Lipinski definition) is 1. The first-order chi connectivity index (χ1) is 14.4. The lowest BCUT2D eigenvalue weighted by Gasteiger charge is -2.14. The molecule has 1 N–H and O–H groups in total. The largest absolute Gasteiger partial charge is 0.496 e. The molecule has 0 atom stereocenters. The second kappa shape index (κ2) is 9.94. The third-order valence-corrected chi connectivity index (χ3v) is 5.29. The van der Waals surface area contributed by atoms with Crippen molar-refractivity contribution in [2.75, 3.05) is 19.5 Å². The number of methoxy groups -OCH3 is 2. The Morgan fingerprint density at radius 2 is 1.50 bits per heavy atom. The maximum atomic E-state index is 12.7. The number of para-hydroxylation sites is 2. The highest BCUT2D eigenvalue weighted by molar-refractivity contribution is 6.44. The molecule has 5 nitrogen and oxygen atoms in total. The molecule has 30 heavy (non-hydrogen) atoms. The van der Waals surface area contributed by atoms with Gasteiger partial charge in [-0.1, -0.05) is 46.9 Å². The summed E-state index contributed by atoms with van der Waals surface area (Å²) in [7, 11) is 3.12. The molecule has 1 amide bonds. The van der Waals surface area contributed by atoms with Crippen LogP contribution in [0.25, 0.3) is 0 Å². The number of nitrogens with one attached hydrogen (secondary N) is 1. The second-order valence-electron chi connectivity index (χ2n) is 6.17. The van der Waals surface area contributed by atoms with Crippen molar-refractivity contribution in [3.63, 3.8) is 0 Å². The highest BCUT2D eigenvalue weighted by atomic mass is 35.5. The van der Waals surface area contributed by atoms with Crippen LogP contribution in [0, 0.1) is 0 Å². The van der Waals surface area contributed by atoms with E-state index in [0.717, 1.165) is 0 Å². The minimum atomic E-state index is -0.364. The summed E-state index contributed by atoms with van der Waals surface area (Å²) in [6.45, 7) is 0.179. The number of ether oxygens (including phenoxy) is 3. The van der Waals surface area contributed by atoms with Crippen LogP contribution in [0.5, 0.6) is 17.2 Å². The van der Waals surface area contributed by atoms with E-state index in [2.05, 4.69) is 5.32 Å². The molecule has 0 aliphatic heterocycles. The molecule has 0 radical (unpaired) electrons. The number of carbonyl (C=O) groups excluding carboxylic acids is 1. The van der Waals surface area contributed by atoms with Crippen molar-refractivity contribution in [1.82, 2.24) is 0 Å². The number of carbonyl (C=O) groups is 1. The molecule has 0 heterocycles. The topological polar surface area (TPSA) is 56.8 Å². The first kappa shape index (κ1) is 22.1. The minimum Gasteiger partial charge on any atom is -0.496 e.